The van der Waals surface area contributed by atoms with Crippen molar-refractivity contribution in [3.8, 4) is 6.07 Å². The number of aromatic nitrogens is 3. The first-order valence-corrected chi connectivity index (χ1v) is 9.00. The van der Waals surface area contributed by atoms with Crippen LogP contribution in [-0.4, -0.2) is 15.0 Å². The van der Waals surface area contributed by atoms with E-state index >= 15 is 0 Å². The maximum absolute atomic E-state index is 9.63. The molecular formula is C23H19N5. The minimum absolute atomic E-state index is 0.500. The van der Waals surface area contributed by atoms with Crippen molar-refractivity contribution in [2.75, 3.05) is 5.32 Å². The highest BCUT2D eigenvalue weighted by Crippen LogP contribution is 2.32. The van der Waals surface area contributed by atoms with Gasteiger partial charge in [0.05, 0.1) is 16.9 Å². The molecule has 0 aliphatic rings. The third kappa shape index (κ3) is 3.24. The number of hydrogen-bond donors (Lipinski definition) is 2. The Morgan fingerprint density at radius 3 is 2.75 bits per heavy atom. The Morgan fingerprint density at radius 2 is 1.96 bits per heavy atom. The highest BCUT2D eigenvalue weighted by molar-refractivity contribution is 5.90. The lowest BCUT2D eigenvalue weighted by molar-refractivity contribution is 1.18. The van der Waals surface area contributed by atoms with Crippen LogP contribution in [0.5, 0.6) is 0 Å². The Bertz CT molecular complexity index is 1210. The molecule has 136 valence electrons. The van der Waals surface area contributed by atoms with E-state index in [9.17, 15) is 5.26 Å². The Morgan fingerprint density at radius 1 is 1.07 bits per heavy atom. The van der Waals surface area contributed by atoms with Crippen LogP contribution in [-0.2, 0) is 0 Å². The van der Waals surface area contributed by atoms with Gasteiger partial charge in [0.1, 0.15) is 6.07 Å². The lowest BCUT2D eigenvalue weighted by Gasteiger charge is -2.15. The average Bonchev–Trinajstić information content (AvgIpc) is 3.20. The number of fused-ring (bicyclic) bond motifs is 1. The van der Waals surface area contributed by atoms with Crippen LogP contribution in [0.1, 0.15) is 28.1 Å². The summed E-state index contributed by atoms with van der Waals surface area (Å²) in [5, 5.41) is 14.3. The highest BCUT2D eigenvalue weighted by atomic mass is 14.9. The van der Waals surface area contributed by atoms with Gasteiger partial charge in [0.2, 0.25) is 0 Å². The smallest absolute Gasteiger partial charge is 0.103 e. The van der Waals surface area contributed by atoms with Crippen LogP contribution < -0.4 is 5.32 Å². The normalized spacial score (nSPS) is 11.0. The van der Waals surface area contributed by atoms with Crippen molar-refractivity contribution in [1.82, 2.24) is 15.0 Å². The van der Waals surface area contributed by atoms with Crippen LogP contribution in [0.15, 0.2) is 55.0 Å². The summed E-state index contributed by atoms with van der Waals surface area (Å²) < 4.78 is 0. The zero-order chi connectivity index (χ0) is 19.5. The van der Waals surface area contributed by atoms with Gasteiger partial charge in [0.15, 0.2) is 0 Å². The molecule has 0 bridgehead atoms. The molecule has 0 fully saturated rings. The summed E-state index contributed by atoms with van der Waals surface area (Å²) in [6.45, 7) is 4.01. The van der Waals surface area contributed by atoms with Crippen molar-refractivity contribution < 1.29 is 0 Å². The van der Waals surface area contributed by atoms with Crippen LogP contribution in [0.4, 0.5) is 11.4 Å². The topological polar surface area (TPSA) is 77.4 Å². The highest BCUT2D eigenvalue weighted by Gasteiger charge is 2.13. The number of nitrogens with one attached hydrogen (secondary N) is 2. The predicted molar refractivity (Wildman–Crippen MR) is 113 cm³/mol. The summed E-state index contributed by atoms with van der Waals surface area (Å²) in [6.07, 6.45) is 9.18. The summed E-state index contributed by atoms with van der Waals surface area (Å²) in [6, 6.07) is 14.1. The molecule has 0 atom stereocenters. The van der Waals surface area contributed by atoms with Crippen molar-refractivity contribution in [1.29, 1.82) is 5.26 Å². The maximum atomic E-state index is 9.63. The molecular weight excluding hydrogens is 346 g/mol. The van der Waals surface area contributed by atoms with Gasteiger partial charge in [0, 0.05) is 46.4 Å². The zero-order valence-corrected chi connectivity index (χ0v) is 15.7. The number of aryl methyl sites for hydroxylation is 2. The van der Waals surface area contributed by atoms with E-state index in [4.69, 9.17) is 0 Å². The van der Waals surface area contributed by atoms with Crippen molar-refractivity contribution in [3.63, 3.8) is 0 Å². The van der Waals surface area contributed by atoms with Crippen LogP contribution in [0.2, 0.25) is 0 Å². The van der Waals surface area contributed by atoms with Crippen molar-refractivity contribution >= 4 is 34.4 Å². The number of nitrogens with zero attached hydrogens (tertiary/aromatic N) is 3. The predicted octanol–water partition coefficient (Wildman–Crippen LogP) is 5.36. The summed E-state index contributed by atoms with van der Waals surface area (Å²) in [5.41, 5.74) is 6.98. The van der Waals surface area contributed by atoms with Gasteiger partial charge < -0.3 is 10.3 Å². The number of anilines is 2. The second kappa shape index (κ2) is 7.37. The minimum Gasteiger partial charge on any atom is -0.361 e. The number of H-pyrrole nitrogens is 1. The van der Waals surface area contributed by atoms with Crippen molar-refractivity contribution in [2.24, 2.45) is 0 Å². The summed E-state index contributed by atoms with van der Waals surface area (Å²) in [4.78, 5) is 11.9. The Labute approximate surface area is 163 Å². The molecule has 5 heteroatoms. The number of nitriles is 1. The van der Waals surface area contributed by atoms with E-state index in [0.717, 1.165) is 44.8 Å². The number of benzene rings is 1. The Hall–Kier alpha value is -3.91. The van der Waals surface area contributed by atoms with Gasteiger partial charge in [0.25, 0.3) is 0 Å². The number of hydrogen-bond acceptors (Lipinski definition) is 4. The van der Waals surface area contributed by atoms with Gasteiger partial charge in [-0.2, -0.15) is 5.26 Å². The van der Waals surface area contributed by atoms with E-state index in [1.165, 1.54) is 0 Å². The first-order chi connectivity index (χ1) is 13.7. The number of pyridine rings is 2. The third-order valence-electron chi connectivity index (χ3n) is 4.81. The molecule has 5 nitrogen and oxygen atoms in total. The molecule has 0 saturated carbocycles. The number of rotatable bonds is 4. The summed E-state index contributed by atoms with van der Waals surface area (Å²) >= 11 is 0. The monoisotopic (exact) mass is 365 g/mol. The minimum atomic E-state index is 0.500. The third-order valence-corrected chi connectivity index (χ3v) is 4.81. The number of aromatic amines is 1. The fourth-order valence-electron chi connectivity index (χ4n) is 3.24. The maximum Gasteiger partial charge on any atom is 0.103 e. The van der Waals surface area contributed by atoms with Gasteiger partial charge in [-0.3, -0.25) is 9.97 Å². The van der Waals surface area contributed by atoms with E-state index in [-0.39, 0.29) is 0 Å². The lowest BCUT2D eigenvalue weighted by atomic mass is 10.0. The molecule has 0 spiro atoms. The fourth-order valence-corrected chi connectivity index (χ4v) is 3.24. The van der Waals surface area contributed by atoms with Gasteiger partial charge in [-0.05, 0) is 61.9 Å². The van der Waals surface area contributed by atoms with E-state index in [1.54, 1.807) is 12.4 Å². The molecule has 4 rings (SSSR count). The lowest BCUT2D eigenvalue weighted by Crippen LogP contribution is -2.02. The molecule has 0 aliphatic heterocycles. The van der Waals surface area contributed by atoms with Gasteiger partial charge >= 0.3 is 0 Å². The van der Waals surface area contributed by atoms with E-state index < -0.39 is 0 Å². The fraction of sp³-hybridized carbons (Fsp3) is 0.0870. The summed E-state index contributed by atoms with van der Waals surface area (Å²) in [7, 11) is 0. The van der Waals surface area contributed by atoms with E-state index in [1.807, 2.05) is 55.6 Å². The van der Waals surface area contributed by atoms with Crippen LogP contribution in [0, 0.1) is 25.2 Å². The Kier molecular flexibility index (Phi) is 4.61. The van der Waals surface area contributed by atoms with Crippen molar-refractivity contribution in [2.45, 2.75) is 13.8 Å². The van der Waals surface area contributed by atoms with Gasteiger partial charge in [-0.1, -0.05) is 6.07 Å². The first-order valence-electron chi connectivity index (χ1n) is 9.00. The largest absolute Gasteiger partial charge is 0.361 e. The summed E-state index contributed by atoms with van der Waals surface area (Å²) in [5.74, 6) is 0. The van der Waals surface area contributed by atoms with Crippen molar-refractivity contribution in [3.05, 3.63) is 83.1 Å². The molecule has 4 aromatic rings. The molecule has 28 heavy (non-hydrogen) atoms. The van der Waals surface area contributed by atoms with Gasteiger partial charge in [-0.15, -0.1) is 0 Å². The molecule has 0 unspecified atom stereocenters. The standard InChI is InChI=1S/C23H19N5/c1-15-19-10-12-26-22(19)9-8-21(15)28-23-17(13-24)14-27-16(2)20(23)7-6-18-5-3-4-11-25-18/h3-12,14,26H,1-2H3,(H,27,28). The van der Waals surface area contributed by atoms with Crippen LogP contribution in [0.3, 0.4) is 0 Å². The quantitative estimate of drug-likeness (QED) is 0.510. The molecule has 0 saturated heterocycles. The molecule has 3 aromatic heterocycles. The SMILES string of the molecule is Cc1ncc(C#N)c(Nc2ccc3[nH]ccc3c2C)c1C=Cc1ccccn1. The molecule has 1 aromatic carbocycles. The second-order valence-electron chi connectivity index (χ2n) is 6.55. The molecule has 0 radical (unpaired) electrons. The molecule has 3 heterocycles. The zero-order valence-electron chi connectivity index (χ0n) is 15.7. The second-order valence-corrected chi connectivity index (χ2v) is 6.55. The Balaban J connectivity index is 1.80. The molecule has 0 aliphatic carbocycles. The molecule has 0 amide bonds. The van der Waals surface area contributed by atoms with Gasteiger partial charge in [-0.25, -0.2) is 0 Å². The molecule has 2 N–H and O–H groups in total. The first kappa shape index (κ1) is 17.5. The average molecular weight is 365 g/mol. The van der Waals surface area contributed by atoms with E-state index in [2.05, 4.69) is 39.3 Å². The van der Waals surface area contributed by atoms with Crippen LogP contribution >= 0.6 is 0 Å². The van der Waals surface area contributed by atoms with Crippen LogP contribution in [0.25, 0.3) is 23.1 Å². The van der Waals surface area contributed by atoms with E-state index in [0.29, 0.717) is 5.56 Å².